The third kappa shape index (κ3) is 2.94. The number of ketones is 1. The highest BCUT2D eigenvalue weighted by Gasteiger charge is 2.20. The highest BCUT2D eigenvalue weighted by molar-refractivity contribution is 5.75. The maximum atomic E-state index is 10.9. The molecule has 1 atom stereocenters. The Bertz CT molecular complexity index is 148. The van der Waals surface area contributed by atoms with Gasteiger partial charge < -0.3 is 9.53 Å². The Hall–Kier alpha value is -0.370. The average molecular weight is 170 g/mol. The minimum Gasteiger partial charge on any atom is -0.381 e. The molecule has 0 bridgehead atoms. The molecular weight excluding hydrogens is 152 g/mol. The SMILES string of the molecule is CC(=O)CC(C)C1CCOCC1. The lowest BCUT2D eigenvalue weighted by atomic mass is 9.84. The van der Waals surface area contributed by atoms with E-state index in [9.17, 15) is 4.79 Å². The Morgan fingerprint density at radius 1 is 1.50 bits per heavy atom. The van der Waals surface area contributed by atoms with Gasteiger partial charge in [0.15, 0.2) is 0 Å². The van der Waals surface area contributed by atoms with Crippen LogP contribution in [0.1, 0.15) is 33.1 Å². The molecule has 2 nitrogen and oxygen atoms in total. The van der Waals surface area contributed by atoms with Gasteiger partial charge in [-0.1, -0.05) is 6.92 Å². The highest BCUT2D eigenvalue weighted by Crippen LogP contribution is 2.25. The summed E-state index contributed by atoms with van der Waals surface area (Å²) in [5.74, 6) is 1.57. The van der Waals surface area contributed by atoms with Crippen LogP contribution < -0.4 is 0 Å². The van der Waals surface area contributed by atoms with Crippen LogP contribution in [-0.4, -0.2) is 19.0 Å². The van der Waals surface area contributed by atoms with Crippen molar-refractivity contribution in [3.05, 3.63) is 0 Å². The first-order valence-electron chi connectivity index (χ1n) is 4.77. The van der Waals surface area contributed by atoms with Crippen molar-refractivity contribution in [1.82, 2.24) is 0 Å². The zero-order valence-electron chi connectivity index (χ0n) is 8.01. The lowest BCUT2D eigenvalue weighted by Crippen LogP contribution is -2.22. The molecule has 0 N–H and O–H groups in total. The maximum absolute atomic E-state index is 10.9. The van der Waals surface area contributed by atoms with Crippen molar-refractivity contribution in [2.75, 3.05) is 13.2 Å². The smallest absolute Gasteiger partial charge is 0.130 e. The van der Waals surface area contributed by atoms with Gasteiger partial charge in [-0.15, -0.1) is 0 Å². The molecule has 0 amide bonds. The van der Waals surface area contributed by atoms with Gasteiger partial charge in [0, 0.05) is 19.6 Å². The number of rotatable bonds is 3. The van der Waals surface area contributed by atoms with Gasteiger partial charge in [-0.2, -0.15) is 0 Å². The lowest BCUT2D eigenvalue weighted by molar-refractivity contribution is -0.118. The molecule has 0 aliphatic carbocycles. The van der Waals surface area contributed by atoms with Crippen molar-refractivity contribution in [1.29, 1.82) is 0 Å². The number of hydrogen-bond acceptors (Lipinski definition) is 2. The van der Waals surface area contributed by atoms with Gasteiger partial charge in [0.05, 0.1) is 0 Å². The molecule has 1 aliphatic heterocycles. The largest absolute Gasteiger partial charge is 0.381 e. The molecule has 12 heavy (non-hydrogen) atoms. The maximum Gasteiger partial charge on any atom is 0.130 e. The van der Waals surface area contributed by atoms with Crippen LogP contribution in [0.4, 0.5) is 0 Å². The van der Waals surface area contributed by atoms with Gasteiger partial charge in [-0.05, 0) is 31.6 Å². The summed E-state index contributed by atoms with van der Waals surface area (Å²) in [6.07, 6.45) is 3.01. The quantitative estimate of drug-likeness (QED) is 0.647. The van der Waals surface area contributed by atoms with Gasteiger partial charge in [-0.3, -0.25) is 0 Å². The molecule has 70 valence electrons. The van der Waals surface area contributed by atoms with Crippen molar-refractivity contribution in [3.63, 3.8) is 0 Å². The zero-order valence-corrected chi connectivity index (χ0v) is 8.01. The van der Waals surface area contributed by atoms with Crippen LogP contribution in [0, 0.1) is 11.8 Å². The Balaban J connectivity index is 2.29. The van der Waals surface area contributed by atoms with E-state index >= 15 is 0 Å². The van der Waals surface area contributed by atoms with E-state index in [1.54, 1.807) is 6.92 Å². The molecule has 1 unspecified atom stereocenters. The Labute approximate surface area is 74.3 Å². The Kier molecular flexibility index (Phi) is 3.73. The molecule has 1 fully saturated rings. The van der Waals surface area contributed by atoms with Crippen LogP contribution in [0.5, 0.6) is 0 Å². The van der Waals surface area contributed by atoms with E-state index in [-0.39, 0.29) is 0 Å². The van der Waals surface area contributed by atoms with Gasteiger partial charge >= 0.3 is 0 Å². The fourth-order valence-corrected chi connectivity index (χ4v) is 1.90. The zero-order chi connectivity index (χ0) is 8.97. The molecule has 1 rings (SSSR count). The fourth-order valence-electron chi connectivity index (χ4n) is 1.90. The van der Waals surface area contributed by atoms with Crippen LogP contribution >= 0.6 is 0 Å². The van der Waals surface area contributed by atoms with E-state index < -0.39 is 0 Å². The number of carbonyl (C=O) groups excluding carboxylic acids is 1. The summed E-state index contributed by atoms with van der Waals surface area (Å²) in [5.41, 5.74) is 0. The first kappa shape index (κ1) is 9.72. The monoisotopic (exact) mass is 170 g/mol. The predicted octanol–water partition coefficient (Wildman–Crippen LogP) is 2.03. The third-order valence-electron chi connectivity index (χ3n) is 2.68. The standard InChI is InChI=1S/C10H18O2/c1-8(7-9(2)11)10-3-5-12-6-4-10/h8,10H,3-7H2,1-2H3. The second-order valence-corrected chi connectivity index (χ2v) is 3.83. The third-order valence-corrected chi connectivity index (χ3v) is 2.68. The van der Waals surface area contributed by atoms with Gasteiger partial charge in [0.2, 0.25) is 0 Å². The number of carbonyl (C=O) groups is 1. The first-order valence-corrected chi connectivity index (χ1v) is 4.77. The van der Waals surface area contributed by atoms with Gasteiger partial charge in [0.1, 0.15) is 5.78 Å². The molecule has 2 heteroatoms. The topological polar surface area (TPSA) is 26.3 Å². The van der Waals surface area contributed by atoms with Crippen LogP contribution in [0.2, 0.25) is 0 Å². The molecule has 0 spiro atoms. The van der Waals surface area contributed by atoms with Crippen LogP contribution in [0.3, 0.4) is 0 Å². The second kappa shape index (κ2) is 4.61. The van der Waals surface area contributed by atoms with E-state index in [2.05, 4.69) is 6.92 Å². The normalized spacial score (nSPS) is 22.2. The molecule has 0 radical (unpaired) electrons. The lowest BCUT2D eigenvalue weighted by Gasteiger charge is -2.26. The van der Waals surface area contributed by atoms with Crippen molar-refractivity contribution >= 4 is 5.78 Å². The number of hydrogen-bond donors (Lipinski definition) is 0. The van der Waals surface area contributed by atoms with Crippen LogP contribution in [-0.2, 0) is 9.53 Å². The van der Waals surface area contributed by atoms with E-state index in [0.29, 0.717) is 17.6 Å². The molecule has 1 aliphatic rings. The summed E-state index contributed by atoms with van der Waals surface area (Å²) in [4.78, 5) is 10.9. The summed E-state index contributed by atoms with van der Waals surface area (Å²) in [7, 11) is 0. The molecule has 0 aromatic rings. The van der Waals surface area contributed by atoms with Gasteiger partial charge in [-0.25, -0.2) is 0 Å². The summed E-state index contributed by atoms with van der Waals surface area (Å²) in [6.45, 7) is 5.62. The Morgan fingerprint density at radius 2 is 2.08 bits per heavy atom. The van der Waals surface area contributed by atoms with Gasteiger partial charge in [0.25, 0.3) is 0 Å². The summed E-state index contributed by atoms with van der Waals surface area (Å²) < 4.78 is 5.27. The minimum atomic E-state index is 0.314. The number of Topliss-reactive ketones (excluding diaryl/α,β-unsaturated/α-hetero) is 1. The van der Waals surface area contributed by atoms with E-state index in [4.69, 9.17) is 4.74 Å². The summed E-state index contributed by atoms with van der Waals surface area (Å²) >= 11 is 0. The highest BCUT2D eigenvalue weighted by atomic mass is 16.5. The van der Waals surface area contributed by atoms with Crippen molar-refractivity contribution < 1.29 is 9.53 Å². The number of ether oxygens (including phenoxy) is 1. The van der Waals surface area contributed by atoms with Crippen LogP contribution in [0.25, 0.3) is 0 Å². The van der Waals surface area contributed by atoms with Crippen molar-refractivity contribution in [2.45, 2.75) is 33.1 Å². The van der Waals surface area contributed by atoms with Crippen molar-refractivity contribution in [2.24, 2.45) is 11.8 Å². The van der Waals surface area contributed by atoms with Crippen LogP contribution in [0.15, 0.2) is 0 Å². The molecule has 0 aromatic heterocycles. The van der Waals surface area contributed by atoms with E-state index in [0.717, 1.165) is 32.5 Å². The van der Waals surface area contributed by atoms with E-state index in [1.165, 1.54) is 0 Å². The molecule has 1 saturated heterocycles. The molecular formula is C10H18O2. The van der Waals surface area contributed by atoms with E-state index in [1.807, 2.05) is 0 Å². The minimum absolute atomic E-state index is 0.314. The Morgan fingerprint density at radius 3 is 2.58 bits per heavy atom. The van der Waals surface area contributed by atoms with Crippen molar-refractivity contribution in [3.8, 4) is 0 Å². The predicted molar refractivity (Wildman–Crippen MR) is 48.0 cm³/mol. The first-order chi connectivity index (χ1) is 5.70. The molecule has 0 saturated carbocycles. The average Bonchev–Trinajstić information content (AvgIpc) is 2.05. The fraction of sp³-hybridized carbons (Fsp3) is 0.900. The molecule has 1 heterocycles. The molecule has 0 aromatic carbocycles. The summed E-state index contributed by atoms with van der Waals surface area (Å²) in [6, 6.07) is 0. The summed E-state index contributed by atoms with van der Waals surface area (Å²) in [5, 5.41) is 0. The second-order valence-electron chi connectivity index (χ2n) is 3.83.